The largest absolute Gasteiger partial charge is 0.484 e. The smallest absolute Gasteiger partial charge is 0.338 e. The average Bonchev–Trinajstić information content (AvgIpc) is 2.73. The van der Waals surface area contributed by atoms with Crippen molar-refractivity contribution in [2.75, 3.05) is 11.9 Å². The van der Waals surface area contributed by atoms with Crippen LogP contribution in [0.2, 0.25) is 0 Å². The van der Waals surface area contributed by atoms with Crippen LogP contribution in [0.15, 0.2) is 35.1 Å². The predicted molar refractivity (Wildman–Crippen MR) is 66.8 cm³/mol. The van der Waals surface area contributed by atoms with Gasteiger partial charge < -0.3 is 4.74 Å². The number of carbonyl (C=O) groups is 1. The van der Waals surface area contributed by atoms with Gasteiger partial charge in [-0.3, -0.25) is 14.9 Å². The number of nitrogens with one attached hydrogen (secondary N) is 1. The van der Waals surface area contributed by atoms with E-state index in [0.717, 1.165) is 20.7 Å². The fourth-order valence-corrected chi connectivity index (χ4v) is 2.48. The molecule has 0 aliphatic rings. The van der Waals surface area contributed by atoms with Gasteiger partial charge in [0.1, 0.15) is 5.75 Å². The first-order valence-corrected chi connectivity index (χ1v) is 6.84. The second-order valence-corrected chi connectivity index (χ2v) is 5.07. The Morgan fingerprint density at radius 1 is 1.29 bits per heavy atom. The lowest BCUT2D eigenvalue weighted by molar-refractivity contribution is -0.118. The Balaban J connectivity index is 1.84. The standard InChI is InChI=1S/C10H8N2O3S2/c13-8(11-9-12-10(14)17-16-9)6-15-7-4-2-1-3-5-7/h1-5H,6H2,(H,11,12,13,14). The lowest BCUT2D eigenvalue weighted by Gasteiger charge is -2.04. The first-order valence-electron chi connectivity index (χ1n) is 4.69. The van der Waals surface area contributed by atoms with Crippen LogP contribution in [-0.4, -0.2) is 17.5 Å². The summed E-state index contributed by atoms with van der Waals surface area (Å²) in [6.45, 7) is -0.109. The van der Waals surface area contributed by atoms with Crippen molar-refractivity contribution >= 4 is 31.7 Å². The molecule has 17 heavy (non-hydrogen) atoms. The molecular formula is C10H8N2O3S2. The highest BCUT2D eigenvalue weighted by Crippen LogP contribution is 2.12. The molecule has 2 rings (SSSR count). The van der Waals surface area contributed by atoms with E-state index in [9.17, 15) is 9.59 Å². The number of nitrogens with zero attached hydrogens (tertiary/aromatic N) is 1. The molecule has 0 saturated heterocycles. The minimum absolute atomic E-state index is 0.109. The molecule has 0 atom stereocenters. The van der Waals surface area contributed by atoms with E-state index in [2.05, 4.69) is 10.3 Å². The van der Waals surface area contributed by atoms with Crippen LogP contribution in [0.25, 0.3) is 0 Å². The van der Waals surface area contributed by atoms with E-state index in [1.807, 2.05) is 18.2 Å². The van der Waals surface area contributed by atoms with E-state index in [4.69, 9.17) is 4.74 Å². The molecule has 2 aromatic rings. The van der Waals surface area contributed by atoms with Crippen molar-refractivity contribution in [2.24, 2.45) is 0 Å². The van der Waals surface area contributed by atoms with Gasteiger partial charge in [-0.25, -0.2) is 0 Å². The molecular weight excluding hydrogens is 260 g/mol. The third-order valence-electron chi connectivity index (χ3n) is 1.74. The normalized spacial score (nSPS) is 9.88. The average molecular weight is 268 g/mol. The van der Waals surface area contributed by atoms with Gasteiger partial charge in [0.15, 0.2) is 6.61 Å². The second-order valence-electron chi connectivity index (χ2n) is 3.00. The molecule has 1 heterocycles. The van der Waals surface area contributed by atoms with Crippen LogP contribution in [0.1, 0.15) is 0 Å². The Kier molecular flexibility index (Phi) is 3.84. The van der Waals surface area contributed by atoms with Crippen LogP contribution in [0.3, 0.4) is 0 Å². The van der Waals surface area contributed by atoms with Gasteiger partial charge in [0.25, 0.3) is 5.91 Å². The predicted octanol–water partition coefficient (Wildman–Crippen LogP) is 1.58. The number of carbonyl (C=O) groups excluding carboxylic acids is 1. The number of aromatic nitrogens is 1. The number of amides is 1. The zero-order chi connectivity index (χ0) is 12.1. The number of rotatable bonds is 4. The molecule has 1 aromatic heterocycles. The van der Waals surface area contributed by atoms with Crippen molar-refractivity contribution < 1.29 is 9.53 Å². The number of ether oxygens (including phenoxy) is 1. The quantitative estimate of drug-likeness (QED) is 0.855. The molecule has 0 radical (unpaired) electrons. The van der Waals surface area contributed by atoms with Gasteiger partial charge in [0, 0.05) is 0 Å². The molecule has 7 heteroatoms. The van der Waals surface area contributed by atoms with E-state index in [-0.39, 0.29) is 17.4 Å². The Morgan fingerprint density at radius 3 is 2.71 bits per heavy atom. The zero-order valence-corrected chi connectivity index (χ0v) is 10.2. The summed E-state index contributed by atoms with van der Waals surface area (Å²) in [5.41, 5.74) is 0. The summed E-state index contributed by atoms with van der Waals surface area (Å²) in [7, 11) is 2.11. The molecule has 5 nitrogen and oxygen atoms in total. The van der Waals surface area contributed by atoms with Crippen molar-refractivity contribution in [3.8, 4) is 5.75 Å². The maximum Gasteiger partial charge on any atom is 0.338 e. The number of benzene rings is 1. The summed E-state index contributed by atoms with van der Waals surface area (Å²) in [6, 6.07) is 9.02. The van der Waals surface area contributed by atoms with Gasteiger partial charge in [0.2, 0.25) is 5.13 Å². The van der Waals surface area contributed by atoms with Crippen LogP contribution in [-0.2, 0) is 4.79 Å². The van der Waals surface area contributed by atoms with Crippen molar-refractivity contribution in [3.05, 3.63) is 40.0 Å². The van der Waals surface area contributed by atoms with E-state index >= 15 is 0 Å². The molecule has 0 aliphatic carbocycles. The number of hydrogen-bond acceptors (Lipinski definition) is 6. The lowest BCUT2D eigenvalue weighted by atomic mass is 10.3. The van der Waals surface area contributed by atoms with E-state index in [0.29, 0.717) is 10.9 Å². The van der Waals surface area contributed by atoms with Gasteiger partial charge in [-0.1, -0.05) is 18.2 Å². The summed E-state index contributed by atoms with van der Waals surface area (Å²) in [5.74, 6) is 0.282. The van der Waals surface area contributed by atoms with E-state index in [1.165, 1.54) is 0 Å². The number of hydrogen-bond donors (Lipinski definition) is 1. The van der Waals surface area contributed by atoms with Crippen LogP contribution >= 0.6 is 20.7 Å². The highest BCUT2D eigenvalue weighted by molar-refractivity contribution is 7.69. The molecule has 0 spiro atoms. The van der Waals surface area contributed by atoms with Crippen LogP contribution < -0.4 is 14.9 Å². The summed E-state index contributed by atoms with van der Waals surface area (Å²) < 4.78 is 5.24. The molecule has 0 unspecified atom stereocenters. The summed E-state index contributed by atoms with van der Waals surface area (Å²) in [5, 5.41) is 2.79. The van der Waals surface area contributed by atoms with Crippen LogP contribution in [0.4, 0.5) is 5.13 Å². The Bertz CT molecular complexity index is 550. The Hall–Kier alpha value is -1.73. The molecule has 1 aromatic carbocycles. The van der Waals surface area contributed by atoms with Crippen LogP contribution in [0.5, 0.6) is 5.75 Å². The zero-order valence-electron chi connectivity index (χ0n) is 8.58. The van der Waals surface area contributed by atoms with Gasteiger partial charge in [0.05, 0.1) is 0 Å². The minimum atomic E-state index is -0.338. The van der Waals surface area contributed by atoms with Gasteiger partial charge in [-0.05, 0) is 32.8 Å². The first kappa shape index (κ1) is 11.7. The van der Waals surface area contributed by atoms with Crippen molar-refractivity contribution in [2.45, 2.75) is 0 Å². The van der Waals surface area contributed by atoms with Crippen molar-refractivity contribution in [3.63, 3.8) is 0 Å². The number of para-hydroxylation sites is 1. The van der Waals surface area contributed by atoms with E-state index < -0.39 is 0 Å². The highest BCUT2D eigenvalue weighted by atomic mass is 32.9. The molecule has 0 fully saturated rings. The molecule has 0 bridgehead atoms. The topological polar surface area (TPSA) is 68.3 Å². The fraction of sp³-hybridized carbons (Fsp3) is 0.100. The van der Waals surface area contributed by atoms with Crippen molar-refractivity contribution in [1.29, 1.82) is 0 Å². The lowest BCUT2D eigenvalue weighted by Crippen LogP contribution is -2.20. The van der Waals surface area contributed by atoms with Gasteiger partial charge in [-0.2, -0.15) is 4.98 Å². The van der Waals surface area contributed by atoms with Gasteiger partial charge >= 0.3 is 4.87 Å². The van der Waals surface area contributed by atoms with Crippen LogP contribution in [0, 0.1) is 0 Å². The molecule has 0 aliphatic heterocycles. The Labute approximate surface area is 104 Å². The monoisotopic (exact) mass is 268 g/mol. The van der Waals surface area contributed by atoms with Gasteiger partial charge in [-0.15, -0.1) is 0 Å². The Morgan fingerprint density at radius 2 is 2.06 bits per heavy atom. The minimum Gasteiger partial charge on any atom is -0.484 e. The summed E-state index contributed by atoms with van der Waals surface area (Å²) >= 11 is 0. The number of anilines is 1. The molecule has 88 valence electrons. The first-order chi connectivity index (χ1) is 8.24. The third kappa shape index (κ3) is 3.65. The third-order valence-corrected chi connectivity index (χ3v) is 3.56. The molecule has 0 saturated carbocycles. The maximum absolute atomic E-state index is 11.4. The summed E-state index contributed by atoms with van der Waals surface area (Å²) in [6.07, 6.45) is 0. The molecule has 1 amide bonds. The molecule has 1 N–H and O–H groups in total. The summed E-state index contributed by atoms with van der Waals surface area (Å²) in [4.78, 5) is 25.5. The highest BCUT2D eigenvalue weighted by Gasteiger charge is 2.06. The maximum atomic E-state index is 11.4. The fourth-order valence-electron chi connectivity index (χ4n) is 1.07. The SMILES string of the molecule is O=C(COc1ccccc1)Nc1nc(=O)ss1. The van der Waals surface area contributed by atoms with Crippen molar-refractivity contribution in [1.82, 2.24) is 4.98 Å². The second kappa shape index (κ2) is 5.55. The van der Waals surface area contributed by atoms with E-state index in [1.54, 1.807) is 12.1 Å².